The molecule has 0 aliphatic carbocycles. The molecule has 108 valence electrons. The second-order valence-corrected chi connectivity index (χ2v) is 6.54. The van der Waals surface area contributed by atoms with Gasteiger partial charge in [0, 0.05) is 19.3 Å². The van der Waals surface area contributed by atoms with E-state index in [-0.39, 0.29) is 4.90 Å². The summed E-state index contributed by atoms with van der Waals surface area (Å²) in [6.45, 7) is 1.90. The van der Waals surface area contributed by atoms with Crippen molar-refractivity contribution in [2.45, 2.75) is 11.8 Å². The average Bonchev–Trinajstić information content (AvgIpc) is 2.80. The lowest BCUT2D eigenvalue weighted by atomic mass is 10.2. The monoisotopic (exact) mass is 301 g/mol. The maximum atomic E-state index is 12.2. The van der Waals surface area contributed by atoms with E-state index in [1.54, 1.807) is 36.4 Å². The maximum absolute atomic E-state index is 12.2. The van der Waals surface area contributed by atoms with Crippen LogP contribution < -0.4 is 4.18 Å². The fourth-order valence-corrected chi connectivity index (χ4v) is 3.10. The molecule has 0 fully saturated rings. The molecule has 2 aromatic carbocycles. The summed E-state index contributed by atoms with van der Waals surface area (Å²) in [5.41, 5.74) is 1.92. The van der Waals surface area contributed by atoms with Crippen LogP contribution in [0, 0.1) is 6.92 Å². The first-order chi connectivity index (χ1) is 9.95. The zero-order valence-corrected chi connectivity index (χ0v) is 12.6. The zero-order valence-electron chi connectivity index (χ0n) is 11.8. The molecular formula is C16H15NO3S. The van der Waals surface area contributed by atoms with Gasteiger partial charge in [0.15, 0.2) is 0 Å². The van der Waals surface area contributed by atoms with Crippen molar-refractivity contribution in [2.75, 3.05) is 0 Å². The lowest BCUT2D eigenvalue weighted by Crippen LogP contribution is -2.09. The zero-order chi connectivity index (χ0) is 15.0. The van der Waals surface area contributed by atoms with Gasteiger partial charge < -0.3 is 8.75 Å². The Morgan fingerprint density at radius 3 is 2.43 bits per heavy atom. The van der Waals surface area contributed by atoms with Crippen LogP contribution in [0.3, 0.4) is 0 Å². The number of aromatic nitrogens is 1. The standard InChI is InChI=1S/C16H15NO3S/c1-12-3-7-15(8-4-12)21(18,19)20-14-6-5-13-9-10-17(2)16(13)11-14/h3-11H,1-2H3. The number of hydrogen-bond donors (Lipinski definition) is 0. The van der Waals surface area contributed by atoms with Gasteiger partial charge in [0.1, 0.15) is 10.6 Å². The van der Waals surface area contributed by atoms with E-state index >= 15 is 0 Å². The molecule has 1 aromatic heterocycles. The van der Waals surface area contributed by atoms with Gasteiger partial charge in [-0.1, -0.05) is 17.7 Å². The van der Waals surface area contributed by atoms with Gasteiger partial charge in [-0.05, 0) is 42.6 Å². The third kappa shape index (κ3) is 2.64. The summed E-state index contributed by atoms with van der Waals surface area (Å²) < 4.78 is 31.6. The summed E-state index contributed by atoms with van der Waals surface area (Å²) in [4.78, 5) is 0.153. The molecular weight excluding hydrogens is 286 g/mol. The maximum Gasteiger partial charge on any atom is 0.339 e. The van der Waals surface area contributed by atoms with E-state index in [2.05, 4.69) is 0 Å². The molecule has 0 aliphatic heterocycles. The molecule has 4 nitrogen and oxygen atoms in total. The Kier molecular flexibility index (Phi) is 3.22. The molecule has 0 aliphatic rings. The van der Waals surface area contributed by atoms with Crippen LogP contribution in [-0.4, -0.2) is 13.0 Å². The Balaban J connectivity index is 1.96. The number of rotatable bonds is 3. The molecule has 3 aromatic rings. The van der Waals surface area contributed by atoms with Crippen molar-refractivity contribution in [3.63, 3.8) is 0 Å². The number of nitrogens with zero attached hydrogens (tertiary/aromatic N) is 1. The van der Waals surface area contributed by atoms with Gasteiger partial charge in [0.2, 0.25) is 0 Å². The minimum absolute atomic E-state index is 0.153. The second-order valence-electron chi connectivity index (χ2n) is 5.00. The van der Waals surface area contributed by atoms with E-state index in [0.717, 1.165) is 16.5 Å². The Bertz CT molecular complexity index is 893. The van der Waals surface area contributed by atoms with Crippen LogP contribution in [0.1, 0.15) is 5.56 Å². The smallest absolute Gasteiger partial charge is 0.339 e. The summed E-state index contributed by atoms with van der Waals surface area (Å²) in [6.07, 6.45) is 1.92. The molecule has 0 bridgehead atoms. The van der Waals surface area contributed by atoms with Gasteiger partial charge in [-0.25, -0.2) is 0 Å². The highest BCUT2D eigenvalue weighted by Gasteiger charge is 2.16. The van der Waals surface area contributed by atoms with Gasteiger partial charge in [-0.2, -0.15) is 8.42 Å². The van der Waals surface area contributed by atoms with Crippen molar-refractivity contribution in [1.29, 1.82) is 0 Å². The summed E-state index contributed by atoms with van der Waals surface area (Å²) in [6, 6.07) is 13.8. The molecule has 21 heavy (non-hydrogen) atoms. The molecule has 0 radical (unpaired) electrons. The first-order valence-electron chi connectivity index (χ1n) is 6.52. The number of fused-ring (bicyclic) bond motifs is 1. The predicted molar refractivity (Wildman–Crippen MR) is 81.9 cm³/mol. The highest BCUT2D eigenvalue weighted by atomic mass is 32.2. The van der Waals surface area contributed by atoms with Crippen molar-refractivity contribution in [3.05, 3.63) is 60.3 Å². The van der Waals surface area contributed by atoms with E-state index in [9.17, 15) is 8.42 Å². The normalized spacial score (nSPS) is 11.7. The second kappa shape index (κ2) is 4.93. The van der Waals surface area contributed by atoms with Gasteiger partial charge in [-0.15, -0.1) is 0 Å². The highest BCUT2D eigenvalue weighted by Crippen LogP contribution is 2.24. The Labute approximate surface area is 123 Å². The average molecular weight is 301 g/mol. The number of aryl methyl sites for hydroxylation is 2. The molecule has 0 spiro atoms. The van der Waals surface area contributed by atoms with E-state index in [1.807, 2.05) is 36.9 Å². The number of benzene rings is 2. The Morgan fingerprint density at radius 1 is 1.00 bits per heavy atom. The van der Waals surface area contributed by atoms with Crippen molar-refractivity contribution in [1.82, 2.24) is 4.57 Å². The lowest BCUT2D eigenvalue weighted by Gasteiger charge is -2.08. The van der Waals surface area contributed by atoms with E-state index in [1.165, 1.54) is 0 Å². The third-order valence-electron chi connectivity index (χ3n) is 3.38. The van der Waals surface area contributed by atoms with Crippen LogP contribution in [0.25, 0.3) is 10.9 Å². The topological polar surface area (TPSA) is 48.3 Å². The Morgan fingerprint density at radius 2 is 1.71 bits per heavy atom. The molecule has 1 heterocycles. The molecule has 0 saturated heterocycles. The molecule has 0 N–H and O–H groups in total. The van der Waals surface area contributed by atoms with Crippen molar-refractivity contribution in [2.24, 2.45) is 7.05 Å². The van der Waals surface area contributed by atoms with Crippen molar-refractivity contribution in [3.8, 4) is 5.75 Å². The molecule has 0 saturated carbocycles. The van der Waals surface area contributed by atoms with E-state index in [0.29, 0.717) is 5.75 Å². The SMILES string of the molecule is Cc1ccc(S(=O)(=O)Oc2ccc3ccn(C)c3c2)cc1. The predicted octanol–water partition coefficient (Wildman–Crippen LogP) is 3.25. The Hall–Kier alpha value is -2.27. The van der Waals surface area contributed by atoms with Gasteiger partial charge >= 0.3 is 10.1 Å². The van der Waals surface area contributed by atoms with Crippen LogP contribution in [0.4, 0.5) is 0 Å². The van der Waals surface area contributed by atoms with Crippen LogP contribution in [-0.2, 0) is 17.2 Å². The molecule has 5 heteroatoms. The van der Waals surface area contributed by atoms with Gasteiger partial charge in [0.25, 0.3) is 0 Å². The van der Waals surface area contributed by atoms with Crippen LogP contribution >= 0.6 is 0 Å². The van der Waals surface area contributed by atoms with E-state index < -0.39 is 10.1 Å². The summed E-state index contributed by atoms with van der Waals surface area (Å²) in [5.74, 6) is 0.310. The van der Waals surface area contributed by atoms with Crippen molar-refractivity contribution >= 4 is 21.0 Å². The highest BCUT2D eigenvalue weighted by molar-refractivity contribution is 7.87. The molecule has 0 amide bonds. The summed E-state index contributed by atoms with van der Waals surface area (Å²) in [5, 5.41) is 1.04. The fourth-order valence-electron chi connectivity index (χ4n) is 2.17. The van der Waals surface area contributed by atoms with Crippen LogP contribution in [0.2, 0.25) is 0 Å². The first kappa shape index (κ1) is 13.7. The van der Waals surface area contributed by atoms with Gasteiger partial charge in [0.05, 0.1) is 5.52 Å². The van der Waals surface area contributed by atoms with Crippen LogP contribution in [0.5, 0.6) is 5.75 Å². The molecule has 0 unspecified atom stereocenters. The first-order valence-corrected chi connectivity index (χ1v) is 7.93. The number of hydrogen-bond acceptors (Lipinski definition) is 3. The summed E-state index contributed by atoms with van der Waals surface area (Å²) in [7, 11) is -1.90. The minimum Gasteiger partial charge on any atom is -0.379 e. The molecule has 0 atom stereocenters. The molecule has 3 rings (SSSR count). The largest absolute Gasteiger partial charge is 0.379 e. The third-order valence-corrected chi connectivity index (χ3v) is 4.64. The van der Waals surface area contributed by atoms with Crippen LogP contribution in [0.15, 0.2) is 59.6 Å². The minimum atomic E-state index is -3.80. The van der Waals surface area contributed by atoms with Gasteiger partial charge in [-0.3, -0.25) is 0 Å². The summed E-state index contributed by atoms with van der Waals surface area (Å²) >= 11 is 0. The lowest BCUT2D eigenvalue weighted by molar-refractivity contribution is 0.486. The fraction of sp³-hybridized carbons (Fsp3) is 0.125. The quantitative estimate of drug-likeness (QED) is 0.698. The van der Waals surface area contributed by atoms with E-state index in [4.69, 9.17) is 4.18 Å². The van der Waals surface area contributed by atoms with Crippen molar-refractivity contribution < 1.29 is 12.6 Å².